The first kappa shape index (κ1) is 17.3. The highest BCUT2D eigenvalue weighted by molar-refractivity contribution is 6.30. The van der Waals surface area contributed by atoms with Crippen LogP contribution in [0.4, 0.5) is 0 Å². The van der Waals surface area contributed by atoms with Gasteiger partial charge in [-0.05, 0) is 36.8 Å². The van der Waals surface area contributed by atoms with Gasteiger partial charge in [0.25, 0.3) is 18.3 Å². The molecule has 0 radical (unpaired) electrons. The highest BCUT2D eigenvalue weighted by atomic mass is 35.5. The summed E-state index contributed by atoms with van der Waals surface area (Å²) in [5.74, 6) is 0.669. The Morgan fingerprint density at radius 3 is 2.64 bits per heavy atom. The molecule has 25 heavy (non-hydrogen) atoms. The van der Waals surface area contributed by atoms with E-state index in [0.717, 1.165) is 16.3 Å². The van der Waals surface area contributed by atoms with Crippen molar-refractivity contribution in [1.82, 2.24) is 20.2 Å². The van der Waals surface area contributed by atoms with Gasteiger partial charge in [-0.25, -0.2) is 4.98 Å². The minimum absolute atomic E-state index is 0.180. The molecule has 3 aromatic rings. The molecule has 0 aliphatic carbocycles. The maximum atomic E-state index is 10.6. The maximum absolute atomic E-state index is 10.6. The van der Waals surface area contributed by atoms with Gasteiger partial charge >= 0.3 is 0 Å². The lowest BCUT2D eigenvalue weighted by atomic mass is 9.98. The summed E-state index contributed by atoms with van der Waals surface area (Å²) in [6.45, 7) is 7.82. The zero-order valence-corrected chi connectivity index (χ0v) is 15.0. The first-order chi connectivity index (χ1) is 11.8. The summed E-state index contributed by atoms with van der Waals surface area (Å²) < 4.78 is 10.7. The number of pyridine rings is 2. The quantitative estimate of drug-likeness (QED) is 0.503. The molecular weight excluding hydrogens is 344 g/mol. The van der Waals surface area contributed by atoms with Crippen LogP contribution in [-0.2, 0) is 15.1 Å². The molecular formula is C17H17ClN4O3. The molecule has 0 aliphatic heterocycles. The number of carbonyl (C=O) groups is 1. The van der Waals surface area contributed by atoms with Crippen LogP contribution < -0.4 is 0 Å². The molecule has 0 saturated carbocycles. The Morgan fingerprint density at radius 1 is 1.20 bits per heavy atom. The lowest BCUT2D eigenvalue weighted by Gasteiger charge is -2.17. The largest absolute Gasteiger partial charge is 0.452 e. The second-order valence-corrected chi connectivity index (χ2v) is 6.79. The Balaban J connectivity index is 2.16. The Labute approximate surface area is 149 Å². The van der Waals surface area contributed by atoms with Crippen LogP contribution in [-0.4, -0.2) is 26.6 Å². The second-order valence-electron chi connectivity index (χ2n) is 6.41. The van der Waals surface area contributed by atoms with Gasteiger partial charge in [-0.15, -0.1) is 10.2 Å². The first-order valence-corrected chi connectivity index (χ1v) is 8.11. The molecule has 7 nitrogen and oxygen atoms in total. The van der Waals surface area contributed by atoms with Crippen molar-refractivity contribution < 1.29 is 13.9 Å². The fraction of sp³-hybridized carbons (Fsp3) is 0.353. The fourth-order valence-electron chi connectivity index (χ4n) is 2.49. The molecule has 130 valence electrons. The van der Waals surface area contributed by atoms with Crippen LogP contribution in [0.5, 0.6) is 0 Å². The predicted octanol–water partition coefficient (Wildman–Crippen LogP) is 3.86. The summed E-state index contributed by atoms with van der Waals surface area (Å²) in [6.07, 6.45) is 3.42. The third-order valence-electron chi connectivity index (χ3n) is 3.88. The number of aromatic nitrogens is 4. The van der Waals surface area contributed by atoms with Gasteiger partial charge in [0.2, 0.25) is 0 Å². The van der Waals surface area contributed by atoms with Crippen LogP contribution in [0.1, 0.15) is 45.1 Å². The van der Waals surface area contributed by atoms with Crippen LogP contribution in [0.3, 0.4) is 0 Å². The van der Waals surface area contributed by atoms with Crippen LogP contribution in [0, 0.1) is 0 Å². The van der Waals surface area contributed by atoms with Crippen LogP contribution >= 0.6 is 11.6 Å². The normalized spacial score (nSPS) is 11.9. The number of hydrogen-bond donors (Lipinski definition) is 0. The minimum Gasteiger partial charge on any atom is -0.452 e. The van der Waals surface area contributed by atoms with E-state index in [1.807, 2.05) is 0 Å². The number of rotatable bonds is 5. The van der Waals surface area contributed by atoms with Gasteiger partial charge in [0.05, 0.1) is 0 Å². The molecule has 3 rings (SSSR count). The predicted molar refractivity (Wildman–Crippen MR) is 92.1 cm³/mol. The monoisotopic (exact) mass is 360 g/mol. The van der Waals surface area contributed by atoms with Crippen molar-refractivity contribution in [3.05, 3.63) is 35.1 Å². The van der Waals surface area contributed by atoms with E-state index in [4.69, 9.17) is 20.8 Å². The number of hydrogen-bond acceptors (Lipinski definition) is 7. The summed E-state index contributed by atoms with van der Waals surface area (Å²) in [7, 11) is 0. The SMILES string of the molecule is CC(C)c1cnc(-c2nnc(C(C)(C)OC=O)o2)c2cnc(Cl)cc12. The highest BCUT2D eigenvalue weighted by Gasteiger charge is 2.30. The van der Waals surface area contributed by atoms with Crippen molar-refractivity contribution in [3.8, 4) is 11.6 Å². The standard InChI is InChI=1S/C17H17ClN4O3/c1-9(2)11-6-20-14(12-7-19-13(18)5-10(11)12)15-21-22-16(25-15)17(3,4)24-8-23/h5-9H,1-4H3. The average molecular weight is 361 g/mol. The van der Waals surface area contributed by atoms with Crippen LogP contribution in [0.25, 0.3) is 22.4 Å². The van der Waals surface area contributed by atoms with Crippen molar-refractivity contribution in [2.45, 2.75) is 39.2 Å². The fourth-order valence-corrected chi connectivity index (χ4v) is 2.65. The van der Waals surface area contributed by atoms with E-state index >= 15 is 0 Å². The Bertz CT molecular complexity index is 937. The van der Waals surface area contributed by atoms with Gasteiger partial charge in [-0.3, -0.25) is 9.78 Å². The van der Waals surface area contributed by atoms with Crippen molar-refractivity contribution >= 4 is 28.8 Å². The summed E-state index contributed by atoms with van der Waals surface area (Å²) in [5.41, 5.74) is 0.527. The van der Waals surface area contributed by atoms with E-state index in [0.29, 0.717) is 17.3 Å². The molecule has 0 fully saturated rings. The Hall–Kier alpha value is -2.54. The molecule has 0 atom stereocenters. The first-order valence-electron chi connectivity index (χ1n) is 7.73. The van der Waals surface area contributed by atoms with E-state index in [1.165, 1.54) is 0 Å². The third-order valence-corrected chi connectivity index (χ3v) is 4.08. The number of nitrogens with zero attached hydrogens (tertiary/aromatic N) is 4. The van der Waals surface area contributed by atoms with Gasteiger partial charge in [0.15, 0.2) is 5.60 Å². The van der Waals surface area contributed by atoms with E-state index in [9.17, 15) is 4.79 Å². The lowest BCUT2D eigenvalue weighted by Crippen LogP contribution is -2.21. The van der Waals surface area contributed by atoms with Gasteiger partial charge in [-0.2, -0.15) is 0 Å². The number of fused-ring (bicyclic) bond motifs is 1. The number of carbonyl (C=O) groups excluding carboxylic acids is 1. The summed E-state index contributed by atoms with van der Waals surface area (Å²) in [6, 6.07) is 1.80. The van der Waals surface area contributed by atoms with Gasteiger partial charge in [-0.1, -0.05) is 25.4 Å². The molecule has 0 amide bonds. The zero-order chi connectivity index (χ0) is 18.2. The van der Waals surface area contributed by atoms with Gasteiger partial charge in [0, 0.05) is 17.8 Å². The number of halogens is 1. The van der Waals surface area contributed by atoms with Crippen molar-refractivity contribution in [2.75, 3.05) is 0 Å². The molecule has 0 saturated heterocycles. The highest BCUT2D eigenvalue weighted by Crippen LogP contribution is 2.33. The summed E-state index contributed by atoms with van der Waals surface area (Å²) >= 11 is 6.06. The molecule has 3 heterocycles. The van der Waals surface area contributed by atoms with Crippen molar-refractivity contribution in [3.63, 3.8) is 0 Å². The second kappa shape index (κ2) is 6.40. The molecule has 0 bridgehead atoms. The summed E-state index contributed by atoms with van der Waals surface area (Å²) in [5, 5.41) is 10.1. The Morgan fingerprint density at radius 2 is 1.96 bits per heavy atom. The molecule has 0 spiro atoms. The van der Waals surface area contributed by atoms with E-state index in [2.05, 4.69) is 34.0 Å². The van der Waals surface area contributed by atoms with E-state index in [-0.39, 0.29) is 17.7 Å². The third kappa shape index (κ3) is 3.19. The van der Waals surface area contributed by atoms with E-state index in [1.54, 1.807) is 32.3 Å². The topological polar surface area (TPSA) is 91.0 Å². The smallest absolute Gasteiger partial charge is 0.294 e. The zero-order valence-electron chi connectivity index (χ0n) is 14.3. The van der Waals surface area contributed by atoms with Crippen molar-refractivity contribution in [2.24, 2.45) is 0 Å². The number of ether oxygens (including phenoxy) is 1. The average Bonchev–Trinajstić information content (AvgIpc) is 3.04. The molecule has 0 N–H and O–H groups in total. The van der Waals surface area contributed by atoms with Gasteiger partial charge < -0.3 is 9.15 Å². The van der Waals surface area contributed by atoms with E-state index < -0.39 is 5.60 Å². The van der Waals surface area contributed by atoms with Crippen molar-refractivity contribution in [1.29, 1.82) is 0 Å². The van der Waals surface area contributed by atoms with Crippen LogP contribution in [0.15, 0.2) is 22.9 Å². The maximum Gasteiger partial charge on any atom is 0.294 e. The molecule has 0 unspecified atom stereocenters. The van der Waals surface area contributed by atoms with Gasteiger partial charge in [0.1, 0.15) is 10.8 Å². The lowest BCUT2D eigenvalue weighted by molar-refractivity contribution is -0.143. The minimum atomic E-state index is -1.03. The Kier molecular flexibility index (Phi) is 4.43. The van der Waals surface area contributed by atoms with Crippen LogP contribution in [0.2, 0.25) is 5.15 Å². The molecule has 3 aromatic heterocycles. The molecule has 0 aliphatic rings. The summed E-state index contributed by atoms with van der Waals surface area (Å²) in [4.78, 5) is 19.3. The molecule has 0 aromatic carbocycles. The molecule has 8 heteroatoms.